The third-order valence-corrected chi connectivity index (χ3v) is 4.97. The van der Waals surface area contributed by atoms with E-state index in [1.807, 2.05) is 0 Å². The van der Waals surface area contributed by atoms with Gasteiger partial charge in [0.15, 0.2) is 0 Å². The Bertz CT molecular complexity index is 612. The monoisotopic (exact) mass is 324 g/mol. The Balaban J connectivity index is 2.02. The van der Waals surface area contributed by atoms with Crippen LogP contribution in [0.2, 0.25) is 5.02 Å². The number of rotatable bonds is 2. The number of benzene rings is 1. The number of carbonyl (C=O) groups excluding carboxylic acids is 1. The Morgan fingerprint density at radius 2 is 2.14 bits per heavy atom. The molecule has 0 aliphatic carbocycles. The van der Waals surface area contributed by atoms with Crippen molar-refractivity contribution >= 4 is 28.3 Å². The molecule has 0 saturated carbocycles. The van der Waals surface area contributed by atoms with Gasteiger partial charge >= 0.3 is 0 Å². The first-order valence-electron chi connectivity index (χ1n) is 6.74. The maximum atomic E-state index is 12.2. The molecule has 1 saturated heterocycles. The van der Waals surface area contributed by atoms with Crippen molar-refractivity contribution in [3.63, 3.8) is 0 Å². The highest BCUT2D eigenvalue weighted by atomic mass is 35.5. The minimum atomic E-state index is -0.728. The summed E-state index contributed by atoms with van der Waals surface area (Å²) in [4.78, 5) is 12.2. The van der Waals surface area contributed by atoms with Crippen LogP contribution in [-0.2, 0) is 10.8 Å². The third-order valence-electron chi connectivity index (χ3n) is 3.28. The van der Waals surface area contributed by atoms with Crippen LogP contribution in [-0.4, -0.2) is 34.2 Å². The molecule has 0 unspecified atom stereocenters. The number of amides is 1. The lowest BCUT2D eigenvalue weighted by atomic mass is 10.1. The van der Waals surface area contributed by atoms with E-state index in [0.29, 0.717) is 27.7 Å². The Kier molecular flexibility index (Phi) is 5.80. The molecule has 0 spiro atoms. The topological polar surface area (TPSA) is 72.2 Å². The number of halogens is 1. The first-order chi connectivity index (χ1) is 10.1. The molecule has 2 rings (SSSR count). The summed E-state index contributed by atoms with van der Waals surface area (Å²) < 4.78 is 11.3. The van der Waals surface area contributed by atoms with Crippen LogP contribution >= 0.6 is 11.6 Å². The first-order valence-corrected chi connectivity index (χ1v) is 8.61. The molecule has 1 heterocycles. The third kappa shape index (κ3) is 4.57. The zero-order chi connectivity index (χ0) is 15.2. The summed E-state index contributed by atoms with van der Waals surface area (Å²) >= 11 is 6.11. The quantitative estimate of drug-likeness (QED) is 0.805. The molecule has 1 aromatic rings. The van der Waals surface area contributed by atoms with Crippen molar-refractivity contribution in [1.29, 1.82) is 0 Å². The molecule has 0 radical (unpaired) electrons. The Morgan fingerprint density at radius 3 is 2.76 bits per heavy atom. The molecule has 1 fully saturated rings. The average molecular weight is 325 g/mol. The van der Waals surface area contributed by atoms with Gasteiger partial charge in [-0.05, 0) is 31.0 Å². The van der Waals surface area contributed by atoms with Gasteiger partial charge in [0.05, 0.1) is 11.6 Å². The molecule has 1 aliphatic rings. The summed E-state index contributed by atoms with van der Waals surface area (Å²) in [7, 11) is -0.728. The minimum Gasteiger partial charge on any atom is -0.349 e. The average Bonchev–Trinajstić information content (AvgIpc) is 2.48. The van der Waals surface area contributed by atoms with Crippen molar-refractivity contribution in [1.82, 2.24) is 5.32 Å². The zero-order valence-corrected chi connectivity index (χ0v) is 13.1. The van der Waals surface area contributed by atoms with Crippen LogP contribution in [0.3, 0.4) is 0 Å². The zero-order valence-electron chi connectivity index (χ0n) is 11.5. The van der Waals surface area contributed by atoms with Crippen LogP contribution in [0.4, 0.5) is 0 Å². The highest BCUT2D eigenvalue weighted by Crippen LogP contribution is 2.18. The Hall–Kier alpha value is -1.35. The lowest BCUT2D eigenvalue weighted by Crippen LogP contribution is -2.39. The fourth-order valence-corrected chi connectivity index (χ4v) is 3.64. The van der Waals surface area contributed by atoms with Crippen molar-refractivity contribution in [2.24, 2.45) is 5.73 Å². The van der Waals surface area contributed by atoms with Gasteiger partial charge in [0.25, 0.3) is 5.91 Å². The van der Waals surface area contributed by atoms with Gasteiger partial charge in [-0.2, -0.15) is 0 Å². The first kappa shape index (κ1) is 16.0. The molecule has 0 atom stereocenters. The van der Waals surface area contributed by atoms with E-state index >= 15 is 0 Å². The maximum Gasteiger partial charge on any atom is 0.251 e. The number of nitrogens with two attached hydrogens (primary N) is 1. The molecular weight excluding hydrogens is 308 g/mol. The smallest absolute Gasteiger partial charge is 0.251 e. The van der Waals surface area contributed by atoms with Crippen molar-refractivity contribution < 1.29 is 9.00 Å². The minimum absolute atomic E-state index is 0.0886. The molecule has 112 valence electrons. The summed E-state index contributed by atoms with van der Waals surface area (Å²) in [6, 6.07) is 5.11. The fraction of sp³-hybridized carbons (Fsp3) is 0.400. The molecule has 21 heavy (non-hydrogen) atoms. The van der Waals surface area contributed by atoms with Gasteiger partial charge in [-0.25, -0.2) is 0 Å². The van der Waals surface area contributed by atoms with Crippen LogP contribution < -0.4 is 11.1 Å². The normalized spacial score (nSPS) is 21.2. The second kappa shape index (κ2) is 7.60. The van der Waals surface area contributed by atoms with E-state index in [-0.39, 0.29) is 18.5 Å². The van der Waals surface area contributed by atoms with E-state index in [0.717, 1.165) is 12.8 Å². The summed E-state index contributed by atoms with van der Waals surface area (Å²) in [5.74, 6) is 6.73. The lowest BCUT2D eigenvalue weighted by molar-refractivity contribution is 0.0934. The molecule has 4 nitrogen and oxygen atoms in total. The Morgan fingerprint density at radius 1 is 1.43 bits per heavy atom. The number of nitrogens with one attached hydrogen (secondary N) is 1. The van der Waals surface area contributed by atoms with Gasteiger partial charge in [0.1, 0.15) is 0 Å². The summed E-state index contributed by atoms with van der Waals surface area (Å²) in [5.41, 5.74) is 6.48. The highest BCUT2D eigenvalue weighted by molar-refractivity contribution is 7.85. The van der Waals surface area contributed by atoms with Crippen LogP contribution in [0, 0.1) is 11.8 Å². The van der Waals surface area contributed by atoms with Crippen molar-refractivity contribution in [2.45, 2.75) is 18.9 Å². The lowest BCUT2D eigenvalue weighted by Gasteiger charge is -2.22. The Labute approximate surface area is 131 Å². The largest absolute Gasteiger partial charge is 0.349 e. The van der Waals surface area contributed by atoms with E-state index in [1.165, 1.54) is 0 Å². The van der Waals surface area contributed by atoms with E-state index in [9.17, 15) is 9.00 Å². The molecular formula is C15H17ClN2O2S. The van der Waals surface area contributed by atoms with E-state index in [2.05, 4.69) is 17.2 Å². The molecule has 1 aliphatic heterocycles. The van der Waals surface area contributed by atoms with Gasteiger partial charge in [-0.15, -0.1) is 0 Å². The summed E-state index contributed by atoms with van der Waals surface area (Å²) in [6.45, 7) is 0.265. The van der Waals surface area contributed by atoms with Gasteiger partial charge in [0.2, 0.25) is 0 Å². The van der Waals surface area contributed by atoms with Crippen LogP contribution in [0.1, 0.15) is 28.8 Å². The predicted molar refractivity (Wildman–Crippen MR) is 85.7 cm³/mol. The molecule has 0 aromatic heterocycles. The van der Waals surface area contributed by atoms with Gasteiger partial charge < -0.3 is 11.1 Å². The standard InChI is InChI=1S/C15H17ClN2O2S/c16-14-10-12(4-3-11(14)2-1-7-17)15(19)18-13-5-8-21(20)9-6-13/h3-4,10,13H,5-9,17H2,(H,18,19). The van der Waals surface area contributed by atoms with Crippen LogP contribution in [0.5, 0.6) is 0 Å². The summed E-state index contributed by atoms with van der Waals surface area (Å²) in [5, 5.41) is 3.40. The van der Waals surface area contributed by atoms with E-state index in [1.54, 1.807) is 18.2 Å². The predicted octanol–water partition coefficient (Wildman–Crippen LogP) is 1.29. The maximum absolute atomic E-state index is 12.2. The SMILES string of the molecule is NCC#Cc1ccc(C(=O)NC2CCS(=O)CC2)cc1Cl. The molecule has 6 heteroatoms. The van der Waals surface area contributed by atoms with Crippen LogP contribution in [0.25, 0.3) is 0 Å². The van der Waals surface area contributed by atoms with Crippen LogP contribution in [0.15, 0.2) is 18.2 Å². The molecule has 1 amide bonds. The molecule has 1 aromatic carbocycles. The molecule has 3 N–H and O–H groups in total. The van der Waals surface area contributed by atoms with Crippen molar-refractivity contribution in [3.8, 4) is 11.8 Å². The highest BCUT2D eigenvalue weighted by Gasteiger charge is 2.20. The van der Waals surface area contributed by atoms with Crippen molar-refractivity contribution in [2.75, 3.05) is 18.1 Å². The molecule has 0 bridgehead atoms. The second-order valence-electron chi connectivity index (χ2n) is 4.80. The van der Waals surface area contributed by atoms with E-state index < -0.39 is 10.8 Å². The second-order valence-corrected chi connectivity index (χ2v) is 6.90. The number of hydrogen-bond acceptors (Lipinski definition) is 3. The van der Waals surface area contributed by atoms with E-state index in [4.69, 9.17) is 17.3 Å². The van der Waals surface area contributed by atoms with Gasteiger partial charge in [-0.1, -0.05) is 23.4 Å². The number of hydrogen-bond donors (Lipinski definition) is 2. The van der Waals surface area contributed by atoms with Gasteiger partial charge in [-0.3, -0.25) is 9.00 Å². The fourth-order valence-electron chi connectivity index (χ4n) is 2.11. The summed E-state index contributed by atoms with van der Waals surface area (Å²) in [6.07, 6.45) is 1.51. The number of carbonyl (C=O) groups is 1. The van der Waals surface area contributed by atoms with Crippen molar-refractivity contribution in [3.05, 3.63) is 34.3 Å². The van der Waals surface area contributed by atoms with Gasteiger partial charge in [0, 0.05) is 39.5 Å².